The van der Waals surface area contributed by atoms with Crippen molar-refractivity contribution >= 4 is 16.5 Å². The van der Waals surface area contributed by atoms with Gasteiger partial charge in [-0.1, -0.05) is 24.2 Å². The second-order valence-electron chi connectivity index (χ2n) is 4.61. The van der Waals surface area contributed by atoms with Crippen LogP contribution < -0.4 is 5.73 Å². The molecule has 0 amide bonds. The van der Waals surface area contributed by atoms with Gasteiger partial charge in [0, 0.05) is 11.8 Å². The zero-order valence-electron chi connectivity index (χ0n) is 9.89. The standard InChI is InChI=1S/C12H16N4S/c1-8-11(17-12(13)15-8)9-6-14-16(7-9)10-4-2-3-5-10/h6-7,10H,2-5H2,1H3,(H2,13,15). The van der Waals surface area contributed by atoms with Crippen molar-refractivity contribution in [3.05, 3.63) is 18.1 Å². The maximum Gasteiger partial charge on any atom is 0.180 e. The minimum absolute atomic E-state index is 0.592. The molecular formula is C12H16N4S. The number of anilines is 1. The van der Waals surface area contributed by atoms with Crippen LogP contribution in [-0.2, 0) is 0 Å². The molecule has 2 aromatic rings. The number of nitrogen functional groups attached to an aromatic ring is 1. The van der Waals surface area contributed by atoms with Gasteiger partial charge in [0.1, 0.15) is 0 Å². The van der Waals surface area contributed by atoms with E-state index in [0.29, 0.717) is 11.2 Å². The summed E-state index contributed by atoms with van der Waals surface area (Å²) in [5.74, 6) is 0. The zero-order valence-corrected chi connectivity index (χ0v) is 10.7. The molecule has 1 aliphatic carbocycles. The minimum Gasteiger partial charge on any atom is -0.375 e. The topological polar surface area (TPSA) is 56.7 Å². The lowest BCUT2D eigenvalue weighted by molar-refractivity contribution is 0.467. The van der Waals surface area contributed by atoms with E-state index in [-0.39, 0.29) is 0 Å². The summed E-state index contributed by atoms with van der Waals surface area (Å²) in [6, 6.07) is 0.592. The van der Waals surface area contributed by atoms with Gasteiger partial charge in [0.15, 0.2) is 5.13 Å². The van der Waals surface area contributed by atoms with E-state index in [9.17, 15) is 0 Å². The van der Waals surface area contributed by atoms with Crippen molar-refractivity contribution in [3.8, 4) is 10.4 Å². The first-order valence-corrected chi connectivity index (χ1v) is 6.83. The Hall–Kier alpha value is -1.36. The molecule has 0 saturated heterocycles. The molecular weight excluding hydrogens is 232 g/mol. The second-order valence-corrected chi connectivity index (χ2v) is 5.64. The minimum atomic E-state index is 0.592. The summed E-state index contributed by atoms with van der Waals surface area (Å²) >= 11 is 1.54. The van der Waals surface area contributed by atoms with E-state index in [2.05, 4.69) is 21.0 Å². The van der Waals surface area contributed by atoms with Crippen molar-refractivity contribution in [2.75, 3.05) is 5.73 Å². The molecule has 90 valence electrons. The van der Waals surface area contributed by atoms with Crippen LogP contribution in [0.1, 0.15) is 37.4 Å². The summed E-state index contributed by atoms with van der Waals surface area (Å²) in [7, 11) is 0. The van der Waals surface area contributed by atoms with Crippen molar-refractivity contribution in [2.24, 2.45) is 0 Å². The number of thiazole rings is 1. The molecule has 0 aliphatic heterocycles. The normalized spacial score (nSPS) is 16.8. The Balaban J connectivity index is 1.91. The first-order chi connectivity index (χ1) is 8.24. The maximum atomic E-state index is 5.73. The van der Waals surface area contributed by atoms with Crippen molar-refractivity contribution in [3.63, 3.8) is 0 Å². The summed E-state index contributed by atoms with van der Waals surface area (Å²) in [6.45, 7) is 2.00. The van der Waals surface area contributed by atoms with Crippen LogP contribution in [0.3, 0.4) is 0 Å². The zero-order chi connectivity index (χ0) is 11.8. The van der Waals surface area contributed by atoms with Crippen LogP contribution in [0.2, 0.25) is 0 Å². The third-order valence-electron chi connectivity index (χ3n) is 3.38. The highest BCUT2D eigenvalue weighted by Gasteiger charge is 2.18. The Labute approximate surface area is 104 Å². The number of nitrogens with two attached hydrogens (primary N) is 1. The molecule has 0 unspecified atom stereocenters. The lowest BCUT2D eigenvalue weighted by Gasteiger charge is -2.08. The molecule has 1 fully saturated rings. The van der Waals surface area contributed by atoms with Gasteiger partial charge in [-0.05, 0) is 19.8 Å². The summed E-state index contributed by atoms with van der Waals surface area (Å²) in [4.78, 5) is 5.40. The molecule has 0 bridgehead atoms. The lowest BCUT2D eigenvalue weighted by Crippen LogP contribution is -2.04. The van der Waals surface area contributed by atoms with Crippen molar-refractivity contribution in [1.82, 2.24) is 14.8 Å². The number of hydrogen-bond donors (Lipinski definition) is 1. The third-order valence-corrected chi connectivity index (χ3v) is 4.41. The predicted molar refractivity (Wildman–Crippen MR) is 70.0 cm³/mol. The van der Waals surface area contributed by atoms with Crippen LogP contribution in [0.4, 0.5) is 5.13 Å². The van der Waals surface area contributed by atoms with Crippen LogP contribution in [-0.4, -0.2) is 14.8 Å². The molecule has 4 nitrogen and oxygen atoms in total. The number of nitrogens with zero attached hydrogens (tertiary/aromatic N) is 3. The average molecular weight is 248 g/mol. The highest BCUT2D eigenvalue weighted by molar-refractivity contribution is 7.18. The number of aromatic nitrogens is 3. The molecule has 2 aromatic heterocycles. The van der Waals surface area contributed by atoms with Gasteiger partial charge in [0.05, 0.1) is 22.8 Å². The molecule has 0 aromatic carbocycles. The fourth-order valence-corrected chi connectivity index (χ4v) is 3.32. The van der Waals surface area contributed by atoms with Gasteiger partial charge in [-0.25, -0.2) is 4.98 Å². The van der Waals surface area contributed by atoms with E-state index >= 15 is 0 Å². The van der Waals surface area contributed by atoms with Crippen molar-refractivity contribution < 1.29 is 0 Å². The third kappa shape index (κ3) is 1.95. The smallest absolute Gasteiger partial charge is 0.180 e. The monoisotopic (exact) mass is 248 g/mol. The molecule has 0 spiro atoms. The van der Waals surface area contributed by atoms with Gasteiger partial charge in [0.25, 0.3) is 0 Å². The van der Waals surface area contributed by atoms with Crippen LogP contribution in [0.25, 0.3) is 10.4 Å². The number of hydrogen-bond acceptors (Lipinski definition) is 4. The van der Waals surface area contributed by atoms with E-state index in [0.717, 1.165) is 16.1 Å². The van der Waals surface area contributed by atoms with Gasteiger partial charge in [-0.2, -0.15) is 5.10 Å². The molecule has 1 aliphatic rings. The van der Waals surface area contributed by atoms with Crippen molar-refractivity contribution in [1.29, 1.82) is 0 Å². The molecule has 1 saturated carbocycles. The van der Waals surface area contributed by atoms with Crippen LogP contribution in [0.15, 0.2) is 12.4 Å². The SMILES string of the molecule is Cc1nc(N)sc1-c1cnn(C2CCCC2)c1. The lowest BCUT2D eigenvalue weighted by atomic mass is 10.2. The molecule has 2 heterocycles. The Morgan fingerprint density at radius 1 is 1.41 bits per heavy atom. The van der Waals surface area contributed by atoms with Gasteiger partial charge in [0.2, 0.25) is 0 Å². The van der Waals surface area contributed by atoms with E-state index in [1.165, 1.54) is 37.0 Å². The number of rotatable bonds is 2. The molecule has 2 N–H and O–H groups in total. The van der Waals surface area contributed by atoms with Crippen LogP contribution in [0, 0.1) is 6.92 Å². The summed E-state index contributed by atoms with van der Waals surface area (Å²) in [5.41, 5.74) is 7.87. The van der Waals surface area contributed by atoms with E-state index in [1.54, 1.807) is 0 Å². The predicted octanol–water partition coefficient (Wildman–Crippen LogP) is 3.01. The Morgan fingerprint density at radius 2 is 2.18 bits per heavy atom. The Bertz CT molecular complexity index is 522. The highest BCUT2D eigenvalue weighted by Crippen LogP contribution is 2.34. The molecule has 17 heavy (non-hydrogen) atoms. The van der Waals surface area contributed by atoms with Crippen LogP contribution in [0.5, 0.6) is 0 Å². The molecule has 5 heteroatoms. The average Bonchev–Trinajstić information content (AvgIpc) is 2.97. The van der Waals surface area contributed by atoms with E-state index < -0.39 is 0 Å². The second kappa shape index (κ2) is 4.14. The highest BCUT2D eigenvalue weighted by atomic mass is 32.1. The van der Waals surface area contributed by atoms with Gasteiger partial charge in [-0.3, -0.25) is 4.68 Å². The van der Waals surface area contributed by atoms with E-state index in [1.807, 2.05) is 13.1 Å². The maximum absolute atomic E-state index is 5.73. The summed E-state index contributed by atoms with van der Waals surface area (Å²) in [5, 5.41) is 5.11. The van der Waals surface area contributed by atoms with Gasteiger partial charge < -0.3 is 5.73 Å². The Morgan fingerprint density at radius 3 is 2.82 bits per heavy atom. The fraction of sp³-hybridized carbons (Fsp3) is 0.500. The summed E-state index contributed by atoms with van der Waals surface area (Å²) in [6.07, 6.45) is 9.23. The van der Waals surface area contributed by atoms with Crippen molar-refractivity contribution in [2.45, 2.75) is 38.6 Å². The molecule has 0 atom stereocenters. The molecule has 3 rings (SSSR count). The fourth-order valence-electron chi connectivity index (χ4n) is 2.51. The largest absolute Gasteiger partial charge is 0.375 e. The summed E-state index contributed by atoms with van der Waals surface area (Å²) < 4.78 is 2.11. The Kier molecular flexibility index (Phi) is 2.63. The van der Waals surface area contributed by atoms with Gasteiger partial charge >= 0.3 is 0 Å². The number of aryl methyl sites for hydroxylation is 1. The molecule has 0 radical (unpaired) electrons. The first kappa shape index (κ1) is 10.8. The van der Waals surface area contributed by atoms with Crippen LogP contribution >= 0.6 is 11.3 Å². The first-order valence-electron chi connectivity index (χ1n) is 6.01. The quantitative estimate of drug-likeness (QED) is 0.888. The van der Waals surface area contributed by atoms with E-state index in [4.69, 9.17) is 5.73 Å². The van der Waals surface area contributed by atoms with Gasteiger partial charge in [-0.15, -0.1) is 0 Å².